The third-order valence-corrected chi connectivity index (χ3v) is 3.62. The average molecular weight is 271 g/mol. The molecule has 6 heteroatoms. The molecule has 19 heavy (non-hydrogen) atoms. The first kappa shape index (κ1) is 15.9. The number of ether oxygens (including phenoxy) is 1. The molecule has 1 aliphatic heterocycles. The SMILES string of the molecule is COC(=O)C(CN1CC(C)C(N(C)C)C1)NC(C)=O. The second kappa shape index (κ2) is 6.86. The predicted octanol–water partition coefficient (Wildman–Crippen LogP) is -0.454. The van der Waals surface area contributed by atoms with Crippen molar-refractivity contribution in [3.63, 3.8) is 0 Å². The van der Waals surface area contributed by atoms with Crippen LogP contribution in [0.15, 0.2) is 0 Å². The van der Waals surface area contributed by atoms with Crippen LogP contribution in [0.1, 0.15) is 13.8 Å². The number of likely N-dealkylation sites (N-methyl/N-ethyl adjacent to an activating group) is 1. The molecule has 1 N–H and O–H groups in total. The third-order valence-electron chi connectivity index (χ3n) is 3.62. The first-order valence-corrected chi connectivity index (χ1v) is 6.58. The standard InChI is InChI=1S/C13H25N3O3/c1-9-6-16(8-12(9)15(3)4)7-11(13(18)19-5)14-10(2)17/h9,11-12H,6-8H2,1-5H3,(H,14,17). The van der Waals surface area contributed by atoms with Gasteiger partial charge >= 0.3 is 5.97 Å². The predicted molar refractivity (Wildman–Crippen MR) is 72.7 cm³/mol. The summed E-state index contributed by atoms with van der Waals surface area (Å²) in [6.45, 7) is 5.94. The van der Waals surface area contributed by atoms with Crippen LogP contribution in [0.2, 0.25) is 0 Å². The van der Waals surface area contributed by atoms with E-state index in [1.165, 1.54) is 14.0 Å². The Balaban J connectivity index is 2.60. The van der Waals surface area contributed by atoms with Crippen LogP contribution >= 0.6 is 0 Å². The summed E-state index contributed by atoms with van der Waals surface area (Å²) in [6, 6.07) is -0.105. The molecule has 1 amide bonds. The molecule has 3 unspecified atom stereocenters. The number of rotatable bonds is 5. The fourth-order valence-corrected chi connectivity index (χ4v) is 2.69. The van der Waals surface area contributed by atoms with Crippen LogP contribution in [0.5, 0.6) is 0 Å². The number of hydrogen-bond donors (Lipinski definition) is 1. The van der Waals surface area contributed by atoms with Gasteiger partial charge in [0.2, 0.25) is 5.91 Å². The van der Waals surface area contributed by atoms with Gasteiger partial charge in [0.15, 0.2) is 0 Å². The molecule has 0 bridgehead atoms. The molecular formula is C13H25N3O3. The van der Waals surface area contributed by atoms with Gasteiger partial charge in [-0.2, -0.15) is 0 Å². The fraction of sp³-hybridized carbons (Fsp3) is 0.846. The lowest BCUT2D eigenvalue weighted by Crippen LogP contribution is -2.48. The maximum Gasteiger partial charge on any atom is 0.329 e. The van der Waals surface area contributed by atoms with Gasteiger partial charge in [-0.15, -0.1) is 0 Å². The van der Waals surface area contributed by atoms with Gasteiger partial charge in [-0.05, 0) is 20.0 Å². The first-order valence-electron chi connectivity index (χ1n) is 6.58. The summed E-state index contributed by atoms with van der Waals surface area (Å²) in [5.41, 5.74) is 0. The highest BCUT2D eigenvalue weighted by atomic mass is 16.5. The first-order chi connectivity index (χ1) is 8.85. The Morgan fingerprint density at radius 3 is 2.47 bits per heavy atom. The Morgan fingerprint density at radius 1 is 1.42 bits per heavy atom. The van der Waals surface area contributed by atoms with E-state index < -0.39 is 12.0 Å². The summed E-state index contributed by atoms with van der Waals surface area (Å²) in [7, 11) is 5.47. The second-order valence-corrected chi connectivity index (χ2v) is 5.50. The molecule has 1 fully saturated rings. The number of hydrogen-bond acceptors (Lipinski definition) is 5. The highest BCUT2D eigenvalue weighted by Gasteiger charge is 2.33. The minimum Gasteiger partial charge on any atom is -0.467 e. The normalized spacial score (nSPS) is 25.4. The van der Waals surface area contributed by atoms with E-state index >= 15 is 0 Å². The van der Waals surface area contributed by atoms with Crippen LogP contribution in [0.4, 0.5) is 0 Å². The molecular weight excluding hydrogens is 246 g/mol. The van der Waals surface area contributed by atoms with Gasteiger partial charge < -0.3 is 15.0 Å². The number of nitrogens with one attached hydrogen (secondary N) is 1. The van der Waals surface area contributed by atoms with E-state index in [4.69, 9.17) is 4.74 Å². The molecule has 3 atom stereocenters. The van der Waals surface area contributed by atoms with Crippen molar-refractivity contribution < 1.29 is 14.3 Å². The monoisotopic (exact) mass is 271 g/mol. The Kier molecular flexibility index (Phi) is 5.75. The van der Waals surface area contributed by atoms with E-state index in [-0.39, 0.29) is 5.91 Å². The van der Waals surface area contributed by atoms with Gasteiger partial charge in [0.05, 0.1) is 7.11 Å². The van der Waals surface area contributed by atoms with Crippen molar-refractivity contribution in [1.29, 1.82) is 0 Å². The van der Waals surface area contributed by atoms with Crippen LogP contribution in [-0.4, -0.2) is 74.6 Å². The Bertz CT molecular complexity index is 333. The van der Waals surface area contributed by atoms with Crippen molar-refractivity contribution in [3.8, 4) is 0 Å². The van der Waals surface area contributed by atoms with Gasteiger partial charge in [0.25, 0.3) is 0 Å². The quantitative estimate of drug-likeness (QED) is 0.686. The maximum absolute atomic E-state index is 11.7. The van der Waals surface area contributed by atoms with Crippen molar-refractivity contribution >= 4 is 11.9 Å². The lowest BCUT2D eigenvalue weighted by atomic mass is 10.1. The molecule has 0 aromatic rings. The number of carbonyl (C=O) groups excluding carboxylic acids is 2. The zero-order chi connectivity index (χ0) is 14.6. The van der Waals surface area contributed by atoms with Crippen molar-refractivity contribution in [2.24, 2.45) is 5.92 Å². The molecule has 1 aliphatic rings. The number of likely N-dealkylation sites (tertiary alicyclic amines) is 1. The third kappa shape index (κ3) is 4.47. The van der Waals surface area contributed by atoms with Crippen LogP contribution in [0.3, 0.4) is 0 Å². The number of nitrogens with zero attached hydrogens (tertiary/aromatic N) is 2. The van der Waals surface area contributed by atoms with Gasteiger partial charge in [0.1, 0.15) is 6.04 Å². The summed E-state index contributed by atoms with van der Waals surface area (Å²) in [5, 5.41) is 2.65. The van der Waals surface area contributed by atoms with Gasteiger partial charge in [-0.3, -0.25) is 9.69 Å². The van der Waals surface area contributed by atoms with Crippen molar-refractivity contribution in [2.45, 2.75) is 25.9 Å². The number of amides is 1. The van der Waals surface area contributed by atoms with Crippen molar-refractivity contribution in [1.82, 2.24) is 15.1 Å². The van der Waals surface area contributed by atoms with Gasteiger partial charge in [-0.1, -0.05) is 6.92 Å². The van der Waals surface area contributed by atoms with E-state index in [9.17, 15) is 9.59 Å². The molecule has 0 radical (unpaired) electrons. The van der Waals surface area contributed by atoms with E-state index in [1.54, 1.807) is 0 Å². The van der Waals surface area contributed by atoms with Crippen molar-refractivity contribution in [3.05, 3.63) is 0 Å². The van der Waals surface area contributed by atoms with Crippen LogP contribution in [0.25, 0.3) is 0 Å². The zero-order valence-electron chi connectivity index (χ0n) is 12.5. The maximum atomic E-state index is 11.7. The highest BCUT2D eigenvalue weighted by Crippen LogP contribution is 2.20. The van der Waals surface area contributed by atoms with Crippen LogP contribution in [-0.2, 0) is 14.3 Å². The topological polar surface area (TPSA) is 61.9 Å². The van der Waals surface area contributed by atoms with Gasteiger partial charge in [0, 0.05) is 32.6 Å². The molecule has 0 spiro atoms. The molecule has 0 saturated carbocycles. The smallest absolute Gasteiger partial charge is 0.329 e. The van der Waals surface area contributed by atoms with Crippen LogP contribution < -0.4 is 5.32 Å². The molecule has 6 nitrogen and oxygen atoms in total. The summed E-state index contributed by atoms with van der Waals surface area (Å²) >= 11 is 0. The lowest BCUT2D eigenvalue weighted by molar-refractivity contribution is -0.145. The Hall–Kier alpha value is -1.14. The minimum absolute atomic E-state index is 0.216. The summed E-state index contributed by atoms with van der Waals surface area (Å²) in [6.07, 6.45) is 0. The average Bonchev–Trinajstić information content (AvgIpc) is 2.68. The Morgan fingerprint density at radius 2 is 2.05 bits per heavy atom. The molecule has 110 valence electrons. The summed E-state index contributed by atoms with van der Waals surface area (Å²) in [4.78, 5) is 27.2. The fourth-order valence-electron chi connectivity index (χ4n) is 2.69. The number of methoxy groups -OCH3 is 1. The lowest BCUT2D eigenvalue weighted by Gasteiger charge is -2.24. The molecule has 1 heterocycles. The molecule has 0 aliphatic carbocycles. The summed E-state index contributed by atoms with van der Waals surface area (Å²) in [5.74, 6) is -0.0615. The van der Waals surface area contributed by atoms with E-state index in [1.807, 2.05) is 0 Å². The van der Waals surface area contributed by atoms with E-state index in [2.05, 4.69) is 36.1 Å². The molecule has 1 saturated heterocycles. The van der Waals surface area contributed by atoms with E-state index in [0.717, 1.165) is 13.1 Å². The summed E-state index contributed by atoms with van der Waals surface area (Å²) < 4.78 is 4.73. The number of esters is 1. The number of carbonyl (C=O) groups is 2. The van der Waals surface area contributed by atoms with Crippen LogP contribution in [0, 0.1) is 5.92 Å². The molecule has 0 aromatic carbocycles. The molecule has 0 aromatic heterocycles. The minimum atomic E-state index is -0.587. The van der Waals surface area contributed by atoms with E-state index in [0.29, 0.717) is 18.5 Å². The highest BCUT2D eigenvalue weighted by molar-refractivity contribution is 5.83. The second-order valence-electron chi connectivity index (χ2n) is 5.50. The largest absolute Gasteiger partial charge is 0.467 e. The Labute approximate surface area is 115 Å². The van der Waals surface area contributed by atoms with Crippen molar-refractivity contribution in [2.75, 3.05) is 40.8 Å². The zero-order valence-corrected chi connectivity index (χ0v) is 12.5. The van der Waals surface area contributed by atoms with Gasteiger partial charge in [-0.25, -0.2) is 4.79 Å². The molecule has 1 rings (SSSR count).